The number of aromatic nitrogens is 2. The first-order valence-corrected chi connectivity index (χ1v) is 11.1. The lowest BCUT2D eigenvalue weighted by Gasteiger charge is -2.34. The van der Waals surface area contributed by atoms with Crippen LogP contribution < -0.4 is 4.90 Å². The van der Waals surface area contributed by atoms with Crippen molar-refractivity contribution in [1.29, 1.82) is 0 Å². The van der Waals surface area contributed by atoms with E-state index < -0.39 is 11.6 Å². The molecule has 0 aliphatic heterocycles. The molecule has 0 N–H and O–H groups in total. The molecular formula is C28H25N3O3. The summed E-state index contributed by atoms with van der Waals surface area (Å²) in [6.45, 7) is 6.03. The third-order valence-electron chi connectivity index (χ3n) is 5.64. The summed E-state index contributed by atoms with van der Waals surface area (Å²) in [6, 6.07) is 19.6. The van der Waals surface area contributed by atoms with E-state index in [-0.39, 0.29) is 6.61 Å². The van der Waals surface area contributed by atoms with E-state index in [1.165, 1.54) is 0 Å². The van der Waals surface area contributed by atoms with Gasteiger partial charge in [-0.3, -0.25) is 14.9 Å². The fourth-order valence-electron chi connectivity index (χ4n) is 4.07. The van der Waals surface area contributed by atoms with Gasteiger partial charge in [-0.2, -0.15) is 0 Å². The molecule has 0 atom stereocenters. The van der Waals surface area contributed by atoms with Gasteiger partial charge in [-0.1, -0.05) is 30.3 Å². The van der Waals surface area contributed by atoms with Crippen molar-refractivity contribution in [2.24, 2.45) is 0 Å². The van der Waals surface area contributed by atoms with E-state index in [2.05, 4.69) is 9.97 Å². The molecule has 0 bridgehead atoms. The predicted octanol–water partition coefficient (Wildman–Crippen LogP) is 6.98. The third-order valence-corrected chi connectivity index (χ3v) is 5.64. The van der Waals surface area contributed by atoms with Crippen LogP contribution in [0.25, 0.3) is 33.1 Å². The van der Waals surface area contributed by atoms with Crippen molar-refractivity contribution in [1.82, 2.24) is 9.97 Å². The molecule has 3 heterocycles. The largest absolute Gasteiger partial charge is 0.456 e. The van der Waals surface area contributed by atoms with Gasteiger partial charge in [0, 0.05) is 40.5 Å². The number of furan rings is 1. The zero-order valence-corrected chi connectivity index (χ0v) is 19.4. The minimum atomic E-state index is -0.469. The smallest absolute Gasteiger partial charge is 0.415 e. The van der Waals surface area contributed by atoms with Crippen LogP contribution >= 0.6 is 0 Å². The molecule has 3 aromatic heterocycles. The van der Waals surface area contributed by atoms with E-state index in [0.29, 0.717) is 5.69 Å². The fourth-order valence-corrected chi connectivity index (χ4v) is 4.07. The van der Waals surface area contributed by atoms with Crippen LogP contribution in [0.3, 0.4) is 0 Å². The summed E-state index contributed by atoms with van der Waals surface area (Å²) in [7, 11) is 0. The molecule has 0 unspecified atom stereocenters. The van der Waals surface area contributed by atoms with E-state index in [4.69, 9.17) is 9.15 Å². The molecule has 5 rings (SSSR count). The fraction of sp³-hybridized carbons (Fsp3) is 0.179. The van der Waals surface area contributed by atoms with Crippen LogP contribution in [0.15, 0.2) is 89.9 Å². The maximum Gasteiger partial charge on any atom is 0.415 e. The van der Waals surface area contributed by atoms with Gasteiger partial charge in [-0.15, -0.1) is 0 Å². The average Bonchev–Trinajstić information content (AvgIpc) is 3.26. The Labute approximate surface area is 197 Å². The number of rotatable bonds is 4. The van der Waals surface area contributed by atoms with E-state index in [0.717, 1.165) is 38.6 Å². The minimum Gasteiger partial charge on any atom is -0.456 e. The topological polar surface area (TPSA) is 68.5 Å². The molecule has 0 aliphatic carbocycles. The number of anilines is 1. The van der Waals surface area contributed by atoms with Crippen LogP contribution in [0, 0.1) is 0 Å². The Morgan fingerprint density at radius 3 is 2.56 bits per heavy atom. The number of pyridine rings is 2. The molecular weight excluding hydrogens is 426 g/mol. The molecule has 1 amide bonds. The second-order valence-electron chi connectivity index (χ2n) is 9.16. The highest BCUT2D eigenvalue weighted by Gasteiger charge is 2.29. The Morgan fingerprint density at radius 1 is 0.941 bits per heavy atom. The average molecular weight is 452 g/mol. The first-order valence-electron chi connectivity index (χ1n) is 11.1. The zero-order chi connectivity index (χ0) is 23.7. The maximum absolute atomic E-state index is 13.1. The normalized spacial score (nSPS) is 11.6. The third kappa shape index (κ3) is 4.22. The number of para-hydroxylation sites is 1. The second kappa shape index (κ2) is 8.63. The summed E-state index contributed by atoms with van der Waals surface area (Å²) in [5, 5.41) is 3.01. The van der Waals surface area contributed by atoms with E-state index in [1.54, 1.807) is 29.6 Å². The van der Waals surface area contributed by atoms with Gasteiger partial charge in [-0.05, 0) is 62.1 Å². The van der Waals surface area contributed by atoms with Crippen molar-refractivity contribution >= 4 is 33.5 Å². The van der Waals surface area contributed by atoms with Gasteiger partial charge in [-0.25, -0.2) is 4.79 Å². The van der Waals surface area contributed by atoms with Crippen molar-refractivity contribution < 1.29 is 13.9 Å². The van der Waals surface area contributed by atoms with Gasteiger partial charge in [0.25, 0.3) is 0 Å². The molecule has 0 aliphatic rings. The van der Waals surface area contributed by atoms with Crippen LogP contribution in [0.5, 0.6) is 0 Å². The molecule has 0 fully saturated rings. The summed E-state index contributed by atoms with van der Waals surface area (Å²) in [4.78, 5) is 23.2. The Kier molecular flexibility index (Phi) is 5.49. The Bertz CT molecular complexity index is 1440. The SMILES string of the molecule is CC(C)(C)N(C(=O)OCc1ccc2cncc(-c3cc4ccccc4o3)c2c1)c1cccnc1. The lowest BCUT2D eigenvalue weighted by Crippen LogP contribution is -2.46. The van der Waals surface area contributed by atoms with Gasteiger partial charge in [0.1, 0.15) is 18.0 Å². The van der Waals surface area contributed by atoms with E-state index in [1.807, 2.05) is 81.6 Å². The molecule has 0 saturated carbocycles. The lowest BCUT2D eigenvalue weighted by molar-refractivity contribution is 0.141. The standard InChI is InChI=1S/C28H25N3O3/c1-28(2,3)31(22-8-6-12-29-16-22)27(32)33-18-19-10-11-21-15-30-17-24(23(21)13-19)26-14-20-7-4-5-9-25(20)34-26/h4-17H,18H2,1-3H3. The Balaban J connectivity index is 1.43. The number of ether oxygens (including phenoxy) is 1. The zero-order valence-electron chi connectivity index (χ0n) is 19.4. The summed E-state index contributed by atoms with van der Waals surface area (Å²) in [5.41, 5.74) is 2.83. The Hall–Kier alpha value is -4.19. The molecule has 0 saturated heterocycles. The van der Waals surface area contributed by atoms with Crippen LogP contribution in [0.2, 0.25) is 0 Å². The molecule has 170 valence electrons. The highest BCUT2D eigenvalue weighted by atomic mass is 16.6. The first kappa shape index (κ1) is 21.6. The molecule has 2 aromatic carbocycles. The molecule has 6 heteroatoms. The summed E-state index contributed by atoms with van der Waals surface area (Å²) in [5.74, 6) is 0.754. The molecule has 0 spiro atoms. The second-order valence-corrected chi connectivity index (χ2v) is 9.16. The van der Waals surface area contributed by atoms with Crippen molar-refractivity contribution in [3.63, 3.8) is 0 Å². The lowest BCUT2D eigenvalue weighted by atomic mass is 10.0. The summed E-state index contributed by atoms with van der Waals surface area (Å²) >= 11 is 0. The number of benzene rings is 2. The molecule has 6 nitrogen and oxygen atoms in total. The van der Waals surface area contributed by atoms with Gasteiger partial charge in [0.05, 0.1) is 11.9 Å². The van der Waals surface area contributed by atoms with Gasteiger partial charge < -0.3 is 9.15 Å². The van der Waals surface area contributed by atoms with Crippen molar-refractivity contribution in [2.75, 3.05) is 4.90 Å². The number of hydrogen-bond donors (Lipinski definition) is 0. The van der Waals surface area contributed by atoms with Crippen molar-refractivity contribution in [3.05, 3.63) is 91.0 Å². The molecule has 34 heavy (non-hydrogen) atoms. The van der Waals surface area contributed by atoms with Crippen LogP contribution in [-0.4, -0.2) is 21.6 Å². The summed E-state index contributed by atoms with van der Waals surface area (Å²) in [6.07, 6.45) is 6.54. The molecule has 0 radical (unpaired) electrons. The minimum absolute atomic E-state index is 0.142. The summed E-state index contributed by atoms with van der Waals surface area (Å²) < 4.78 is 11.8. The Morgan fingerprint density at radius 2 is 1.79 bits per heavy atom. The van der Waals surface area contributed by atoms with Crippen molar-refractivity contribution in [3.8, 4) is 11.3 Å². The number of hydrogen-bond acceptors (Lipinski definition) is 5. The number of nitrogens with zero attached hydrogens (tertiary/aromatic N) is 3. The van der Waals surface area contributed by atoms with Gasteiger partial charge in [0.2, 0.25) is 0 Å². The number of amides is 1. The first-order chi connectivity index (χ1) is 16.4. The highest BCUT2D eigenvalue weighted by Crippen LogP contribution is 2.33. The van der Waals surface area contributed by atoms with Crippen molar-refractivity contribution in [2.45, 2.75) is 32.9 Å². The number of fused-ring (bicyclic) bond motifs is 2. The predicted molar refractivity (Wildman–Crippen MR) is 134 cm³/mol. The van der Waals surface area contributed by atoms with E-state index >= 15 is 0 Å². The monoisotopic (exact) mass is 451 g/mol. The quantitative estimate of drug-likeness (QED) is 0.295. The highest BCUT2D eigenvalue weighted by molar-refractivity contribution is 5.97. The van der Waals surface area contributed by atoms with Crippen LogP contribution in [0.1, 0.15) is 26.3 Å². The van der Waals surface area contributed by atoms with Gasteiger partial charge in [0.15, 0.2) is 0 Å². The number of carbonyl (C=O) groups excluding carboxylic acids is 1. The van der Waals surface area contributed by atoms with Gasteiger partial charge >= 0.3 is 6.09 Å². The van der Waals surface area contributed by atoms with Crippen LogP contribution in [-0.2, 0) is 11.3 Å². The van der Waals surface area contributed by atoms with E-state index in [9.17, 15) is 4.79 Å². The number of carbonyl (C=O) groups is 1. The molecule has 5 aromatic rings. The maximum atomic E-state index is 13.1. The van der Waals surface area contributed by atoms with Crippen LogP contribution in [0.4, 0.5) is 10.5 Å².